The summed E-state index contributed by atoms with van der Waals surface area (Å²) in [6, 6.07) is 13.7. The molecule has 1 aliphatic heterocycles. The zero-order valence-corrected chi connectivity index (χ0v) is 18.1. The van der Waals surface area contributed by atoms with E-state index in [1.165, 1.54) is 0 Å². The molecule has 0 bridgehead atoms. The molecule has 162 valence electrons. The first-order valence-corrected chi connectivity index (χ1v) is 10.8. The molecule has 30 heavy (non-hydrogen) atoms. The summed E-state index contributed by atoms with van der Waals surface area (Å²) in [6.07, 6.45) is 1.48. The number of ketones is 1. The maximum absolute atomic E-state index is 12.0. The smallest absolute Gasteiger partial charge is 0.138 e. The predicted molar refractivity (Wildman–Crippen MR) is 116 cm³/mol. The Balaban J connectivity index is 1.62. The number of halogens is 1. The summed E-state index contributed by atoms with van der Waals surface area (Å²) >= 11 is 6.42. The molecule has 2 aromatic carbocycles. The summed E-state index contributed by atoms with van der Waals surface area (Å²) in [4.78, 5) is 12.0. The molecule has 2 atom stereocenters. The first-order valence-electron chi connectivity index (χ1n) is 10.4. The van der Waals surface area contributed by atoms with Crippen LogP contribution in [0.2, 0.25) is 5.02 Å². The van der Waals surface area contributed by atoms with E-state index in [0.29, 0.717) is 31.1 Å². The van der Waals surface area contributed by atoms with E-state index >= 15 is 0 Å². The van der Waals surface area contributed by atoms with Gasteiger partial charge in [0.15, 0.2) is 0 Å². The monoisotopic (exact) mass is 432 g/mol. The number of Topliss-reactive ketones (excluding diaryl/α,β-unsaturated/α-hetero) is 1. The van der Waals surface area contributed by atoms with Crippen molar-refractivity contribution in [2.24, 2.45) is 0 Å². The van der Waals surface area contributed by atoms with Crippen LogP contribution in [0.4, 0.5) is 0 Å². The number of carbonyl (C=O) groups excluding carboxylic acids is 1. The second-order valence-electron chi connectivity index (χ2n) is 7.51. The Morgan fingerprint density at radius 1 is 1.10 bits per heavy atom. The van der Waals surface area contributed by atoms with Crippen LogP contribution in [0.3, 0.4) is 0 Å². The van der Waals surface area contributed by atoms with E-state index in [-0.39, 0.29) is 24.9 Å². The summed E-state index contributed by atoms with van der Waals surface area (Å²) in [7, 11) is 0. The number of benzene rings is 2. The predicted octanol–water partition coefficient (Wildman–Crippen LogP) is 4.52. The quantitative estimate of drug-likeness (QED) is 0.559. The van der Waals surface area contributed by atoms with Crippen LogP contribution in [0, 0.1) is 0 Å². The van der Waals surface area contributed by atoms with Crippen LogP contribution in [0.5, 0.6) is 5.75 Å². The number of hydrogen-bond acceptors (Lipinski definition) is 5. The molecule has 2 aromatic rings. The van der Waals surface area contributed by atoms with Crippen molar-refractivity contribution in [1.82, 2.24) is 0 Å². The van der Waals surface area contributed by atoms with Crippen molar-refractivity contribution in [3.8, 4) is 5.75 Å². The Kier molecular flexibility index (Phi) is 8.70. The minimum Gasteiger partial charge on any atom is -0.491 e. The van der Waals surface area contributed by atoms with Gasteiger partial charge in [0.1, 0.15) is 18.1 Å². The van der Waals surface area contributed by atoms with Crippen molar-refractivity contribution in [2.75, 3.05) is 26.4 Å². The standard InChI is InChI=1S/C24H29ClO5/c1-2-9-28-10-11-29-21-6-3-17(4-7-21)12-19-13-18(5-8-23(19)25)24-15-20(27)14-22(16-26)30-24/h3-8,13,22,24,26H,2,9-12,14-16H2,1H3. The lowest BCUT2D eigenvalue weighted by atomic mass is 9.95. The second kappa shape index (κ2) is 11.5. The van der Waals surface area contributed by atoms with E-state index in [1.54, 1.807) is 0 Å². The number of ether oxygens (including phenoxy) is 3. The van der Waals surface area contributed by atoms with Gasteiger partial charge in [0, 0.05) is 24.5 Å². The van der Waals surface area contributed by atoms with Crippen molar-refractivity contribution < 1.29 is 24.1 Å². The van der Waals surface area contributed by atoms with E-state index in [9.17, 15) is 9.90 Å². The molecule has 0 radical (unpaired) electrons. The van der Waals surface area contributed by atoms with Crippen LogP contribution in [0.1, 0.15) is 49.0 Å². The summed E-state index contributed by atoms with van der Waals surface area (Å²) in [5, 5.41) is 10.0. The first-order chi connectivity index (χ1) is 14.6. The van der Waals surface area contributed by atoms with Crippen LogP contribution in [0.15, 0.2) is 42.5 Å². The first kappa shape index (κ1) is 22.8. The molecule has 1 heterocycles. The molecular formula is C24H29ClO5. The number of aliphatic hydroxyl groups excluding tert-OH is 1. The number of carbonyl (C=O) groups is 1. The Hall–Kier alpha value is -1.92. The largest absolute Gasteiger partial charge is 0.491 e. The maximum atomic E-state index is 12.0. The highest BCUT2D eigenvalue weighted by molar-refractivity contribution is 6.31. The van der Waals surface area contributed by atoms with Gasteiger partial charge in [-0.05, 0) is 47.7 Å². The molecule has 2 unspecified atom stereocenters. The summed E-state index contributed by atoms with van der Waals surface area (Å²) in [6.45, 7) is 3.79. The van der Waals surface area contributed by atoms with Crippen LogP contribution >= 0.6 is 11.6 Å². The molecule has 0 saturated carbocycles. The fraction of sp³-hybridized carbons (Fsp3) is 0.458. The van der Waals surface area contributed by atoms with E-state index in [4.69, 9.17) is 25.8 Å². The minimum atomic E-state index is -0.435. The lowest BCUT2D eigenvalue weighted by Gasteiger charge is -2.28. The van der Waals surface area contributed by atoms with Gasteiger partial charge in [-0.1, -0.05) is 42.8 Å². The van der Waals surface area contributed by atoms with Crippen molar-refractivity contribution >= 4 is 17.4 Å². The highest BCUT2D eigenvalue weighted by Gasteiger charge is 2.28. The number of aliphatic hydroxyl groups is 1. The molecule has 1 aliphatic rings. The zero-order valence-electron chi connectivity index (χ0n) is 17.3. The van der Waals surface area contributed by atoms with Crippen LogP contribution < -0.4 is 4.74 Å². The number of hydrogen-bond donors (Lipinski definition) is 1. The molecule has 0 spiro atoms. The van der Waals surface area contributed by atoms with Crippen molar-refractivity contribution in [1.29, 1.82) is 0 Å². The zero-order chi connectivity index (χ0) is 21.3. The van der Waals surface area contributed by atoms with Gasteiger partial charge in [0.05, 0.1) is 25.4 Å². The Bertz CT molecular complexity index is 821. The molecule has 0 aromatic heterocycles. The summed E-state index contributed by atoms with van der Waals surface area (Å²) in [5.74, 6) is 0.917. The fourth-order valence-corrected chi connectivity index (χ4v) is 3.68. The summed E-state index contributed by atoms with van der Waals surface area (Å²) in [5.41, 5.74) is 2.99. The molecule has 3 rings (SSSR count). The normalized spacial score (nSPS) is 19.1. The summed E-state index contributed by atoms with van der Waals surface area (Å²) < 4.78 is 17.0. The third-order valence-electron chi connectivity index (χ3n) is 5.03. The third kappa shape index (κ3) is 6.54. The van der Waals surface area contributed by atoms with Gasteiger partial charge in [0.2, 0.25) is 0 Å². The van der Waals surface area contributed by atoms with E-state index in [0.717, 1.165) is 35.5 Å². The van der Waals surface area contributed by atoms with Gasteiger partial charge in [-0.25, -0.2) is 0 Å². The molecule has 1 N–H and O–H groups in total. The minimum absolute atomic E-state index is 0.109. The van der Waals surface area contributed by atoms with E-state index in [2.05, 4.69) is 6.92 Å². The van der Waals surface area contributed by atoms with Crippen LogP contribution in [-0.4, -0.2) is 43.4 Å². The molecule has 1 saturated heterocycles. The Labute approximate surface area is 182 Å². The molecule has 5 nitrogen and oxygen atoms in total. The van der Waals surface area contributed by atoms with Gasteiger partial charge >= 0.3 is 0 Å². The molecule has 0 amide bonds. The second-order valence-corrected chi connectivity index (χ2v) is 7.92. The lowest BCUT2D eigenvalue weighted by Crippen LogP contribution is -2.30. The van der Waals surface area contributed by atoms with Crippen molar-refractivity contribution in [3.63, 3.8) is 0 Å². The lowest BCUT2D eigenvalue weighted by molar-refractivity contribution is -0.139. The molecule has 1 fully saturated rings. The average molecular weight is 433 g/mol. The van der Waals surface area contributed by atoms with Gasteiger partial charge in [-0.2, -0.15) is 0 Å². The van der Waals surface area contributed by atoms with Crippen molar-refractivity contribution in [3.05, 3.63) is 64.2 Å². The van der Waals surface area contributed by atoms with Gasteiger partial charge in [-0.3, -0.25) is 4.79 Å². The van der Waals surface area contributed by atoms with E-state index < -0.39 is 6.10 Å². The van der Waals surface area contributed by atoms with Gasteiger partial charge < -0.3 is 19.3 Å². The Morgan fingerprint density at radius 3 is 2.63 bits per heavy atom. The third-order valence-corrected chi connectivity index (χ3v) is 5.40. The van der Waals surface area contributed by atoms with E-state index in [1.807, 2.05) is 42.5 Å². The van der Waals surface area contributed by atoms with Crippen molar-refractivity contribution in [2.45, 2.75) is 44.8 Å². The fourth-order valence-electron chi connectivity index (χ4n) is 3.50. The highest BCUT2D eigenvalue weighted by atomic mass is 35.5. The highest BCUT2D eigenvalue weighted by Crippen LogP contribution is 2.32. The number of rotatable bonds is 10. The molecule has 6 heteroatoms. The average Bonchev–Trinajstić information content (AvgIpc) is 2.75. The van der Waals surface area contributed by atoms with Crippen LogP contribution in [-0.2, 0) is 20.7 Å². The maximum Gasteiger partial charge on any atom is 0.138 e. The molecule has 0 aliphatic carbocycles. The molecular weight excluding hydrogens is 404 g/mol. The van der Waals surface area contributed by atoms with Gasteiger partial charge in [-0.15, -0.1) is 0 Å². The van der Waals surface area contributed by atoms with Crippen LogP contribution in [0.25, 0.3) is 0 Å². The van der Waals surface area contributed by atoms with Gasteiger partial charge in [0.25, 0.3) is 0 Å². The Morgan fingerprint density at radius 2 is 1.90 bits per heavy atom. The SMILES string of the molecule is CCCOCCOc1ccc(Cc2cc(C3CC(=O)CC(CO)O3)ccc2Cl)cc1. The topological polar surface area (TPSA) is 65.0 Å².